The van der Waals surface area contributed by atoms with Crippen LogP contribution in [-0.2, 0) is 6.54 Å². The third-order valence-electron chi connectivity index (χ3n) is 2.93. The molecule has 0 radical (unpaired) electrons. The second kappa shape index (κ2) is 6.46. The SMILES string of the molecule is COc1cc(CNC2CC2)cc(Cl)c1OCC(C)O. The molecular weight excluding hydrogens is 266 g/mol. The van der Waals surface area contributed by atoms with Gasteiger partial charge in [-0.3, -0.25) is 0 Å². The number of methoxy groups -OCH3 is 1. The van der Waals surface area contributed by atoms with Crippen molar-refractivity contribution in [2.75, 3.05) is 13.7 Å². The molecular formula is C14H20ClNO3. The third-order valence-corrected chi connectivity index (χ3v) is 3.21. The number of nitrogens with one attached hydrogen (secondary N) is 1. The van der Waals surface area contributed by atoms with Crippen LogP contribution in [0.4, 0.5) is 0 Å². The lowest BCUT2D eigenvalue weighted by Gasteiger charge is -2.15. The van der Waals surface area contributed by atoms with Gasteiger partial charge < -0.3 is 19.9 Å². The second-order valence-electron chi connectivity index (χ2n) is 4.92. The molecule has 0 spiro atoms. The first-order valence-electron chi connectivity index (χ1n) is 6.50. The normalized spacial score (nSPS) is 16.2. The van der Waals surface area contributed by atoms with Crippen LogP contribution < -0.4 is 14.8 Å². The van der Waals surface area contributed by atoms with Crippen molar-refractivity contribution in [1.29, 1.82) is 0 Å². The van der Waals surface area contributed by atoms with Crippen LogP contribution in [0.2, 0.25) is 5.02 Å². The minimum absolute atomic E-state index is 0.190. The van der Waals surface area contributed by atoms with E-state index in [4.69, 9.17) is 21.1 Å². The quantitative estimate of drug-likeness (QED) is 0.807. The lowest BCUT2D eigenvalue weighted by molar-refractivity contribution is 0.120. The predicted molar refractivity (Wildman–Crippen MR) is 75.0 cm³/mol. The number of aliphatic hydroxyl groups excluding tert-OH is 1. The average molecular weight is 286 g/mol. The van der Waals surface area contributed by atoms with Crippen LogP contribution in [0.3, 0.4) is 0 Å². The minimum Gasteiger partial charge on any atom is -0.493 e. The van der Waals surface area contributed by atoms with Crippen LogP contribution in [0.15, 0.2) is 12.1 Å². The molecule has 0 aliphatic heterocycles. The van der Waals surface area contributed by atoms with Crippen molar-refractivity contribution in [3.05, 3.63) is 22.7 Å². The number of hydrogen-bond acceptors (Lipinski definition) is 4. The number of halogens is 1. The maximum absolute atomic E-state index is 9.26. The minimum atomic E-state index is -0.544. The molecule has 1 atom stereocenters. The van der Waals surface area contributed by atoms with E-state index in [0.717, 1.165) is 12.1 Å². The van der Waals surface area contributed by atoms with E-state index in [1.807, 2.05) is 12.1 Å². The molecule has 2 rings (SSSR count). The van der Waals surface area contributed by atoms with Gasteiger partial charge in [-0.05, 0) is 37.5 Å². The van der Waals surface area contributed by atoms with Crippen LogP contribution in [0.1, 0.15) is 25.3 Å². The first-order valence-corrected chi connectivity index (χ1v) is 6.88. The van der Waals surface area contributed by atoms with E-state index in [1.54, 1.807) is 14.0 Å². The number of benzene rings is 1. The monoisotopic (exact) mass is 285 g/mol. The number of hydrogen-bond donors (Lipinski definition) is 2. The zero-order valence-electron chi connectivity index (χ0n) is 11.3. The van der Waals surface area contributed by atoms with Crippen molar-refractivity contribution in [3.63, 3.8) is 0 Å². The van der Waals surface area contributed by atoms with Gasteiger partial charge in [0.2, 0.25) is 0 Å². The number of rotatable bonds is 7. The van der Waals surface area contributed by atoms with E-state index in [9.17, 15) is 5.11 Å². The van der Waals surface area contributed by atoms with E-state index in [0.29, 0.717) is 22.6 Å². The van der Waals surface area contributed by atoms with Crippen LogP contribution in [0.25, 0.3) is 0 Å². The fraction of sp³-hybridized carbons (Fsp3) is 0.571. The Morgan fingerprint density at radius 1 is 1.47 bits per heavy atom. The molecule has 1 unspecified atom stereocenters. The third kappa shape index (κ3) is 4.27. The molecule has 1 saturated carbocycles. The van der Waals surface area contributed by atoms with Gasteiger partial charge >= 0.3 is 0 Å². The molecule has 1 aliphatic carbocycles. The Bertz CT molecular complexity index is 433. The Morgan fingerprint density at radius 2 is 2.21 bits per heavy atom. The van der Waals surface area contributed by atoms with Gasteiger partial charge in [0.1, 0.15) is 6.61 Å². The summed E-state index contributed by atoms with van der Waals surface area (Å²) >= 11 is 6.21. The van der Waals surface area contributed by atoms with E-state index in [1.165, 1.54) is 12.8 Å². The highest BCUT2D eigenvalue weighted by Crippen LogP contribution is 2.36. The van der Waals surface area contributed by atoms with Gasteiger partial charge in [0, 0.05) is 12.6 Å². The summed E-state index contributed by atoms with van der Waals surface area (Å²) in [6.45, 7) is 2.63. The summed E-state index contributed by atoms with van der Waals surface area (Å²) in [6, 6.07) is 4.44. The topological polar surface area (TPSA) is 50.7 Å². The van der Waals surface area contributed by atoms with Crippen molar-refractivity contribution in [2.24, 2.45) is 0 Å². The van der Waals surface area contributed by atoms with E-state index < -0.39 is 6.10 Å². The second-order valence-corrected chi connectivity index (χ2v) is 5.33. The van der Waals surface area contributed by atoms with Crippen LogP contribution in [0.5, 0.6) is 11.5 Å². The highest BCUT2D eigenvalue weighted by atomic mass is 35.5. The fourth-order valence-electron chi connectivity index (χ4n) is 1.77. The molecule has 106 valence electrons. The van der Waals surface area contributed by atoms with Crippen LogP contribution >= 0.6 is 11.6 Å². The highest BCUT2D eigenvalue weighted by molar-refractivity contribution is 6.32. The zero-order valence-corrected chi connectivity index (χ0v) is 12.0. The van der Waals surface area contributed by atoms with Crippen molar-refractivity contribution in [2.45, 2.75) is 38.5 Å². The molecule has 0 saturated heterocycles. The summed E-state index contributed by atoms with van der Waals surface area (Å²) in [7, 11) is 1.58. The molecule has 4 nitrogen and oxygen atoms in total. The van der Waals surface area contributed by atoms with E-state index >= 15 is 0 Å². The molecule has 1 fully saturated rings. The summed E-state index contributed by atoms with van der Waals surface area (Å²) in [4.78, 5) is 0. The molecule has 1 aromatic carbocycles. The van der Waals surface area contributed by atoms with Gasteiger partial charge in [-0.2, -0.15) is 0 Å². The maximum Gasteiger partial charge on any atom is 0.179 e. The van der Waals surface area contributed by atoms with Crippen molar-refractivity contribution < 1.29 is 14.6 Å². The molecule has 0 bridgehead atoms. The number of aliphatic hydroxyl groups is 1. The summed E-state index contributed by atoms with van der Waals surface area (Å²) in [5.74, 6) is 1.08. The molecule has 2 N–H and O–H groups in total. The maximum atomic E-state index is 9.26. The first-order chi connectivity index (χ1) is 9.10. The van der Waals surface area contributed by atoms with Crippen LogP contribution in [-0.4, -0.2) is 31.0 Å². The Labute approximate surface area is 118 Å². The van der Waals surface area contributed by atoms with Gasteiger partial charge in [-0.25, -0.2) is 0 Å². The van der Waals surface area contributed by atoms with E-state index in [2.05, 4.69) is 5.32 Å². The largest absolute Gasteiger partial charge is 0.493 e. The van der Waals surface area contributed by atoms with Gasteiger partial charge in [0.15, 0.2) is 11.5 Å². The van der Waals surface area contributed by atoms with Gasteiger partial charge in [0.25, 0.3) is 0 Å². The summed E-state index contributed by atoms with van der Waals surface area (Å²) in [5.41, 5.74) is 1.07. The van der Waals surface area contributed by atoms with Crippen molar-refractivity contribution >= 4 is 11.6 Å². The number of ether oxygens (including phenoxy) is 2. The average Bonchev–Trinajstić information content (AvgIpc) is 3.18. The Kier molecular flexibility index (Phi) is 4.91. The molecule has 0 aromatic heterocycles. The predicted octanol–water partition coefficient (Wildman–Crippen LogP) is 2.36. The molecule has 19 heavy (non-hydrogen) atoms. The first kappa shape index (κ1) is 14.4. The molecule has 5 heteroatoms. The summed E-state index contributed by atoms with van der Waals surface area (Å²) in [6.07, 6.45) is 1.96. The molecule has 0 amide bonds. The lowest BCUT2D eigenvalue weighted by atomic mass is 10.2. The summed E-state index contributed by atoms with van der Waals surface area (Å²) < 4.78 is 10.8. The standard InChI is InChI=1S/C14H20ClNO3/c1-9(17)8-19-14-12(15)5-10(6-13(14)18-2)7-16-11-3-4-11/h5-6,9,11,16-17H,3-4,7-8H2,1-2H3. The molecule has 1 aliphatic rings. The van der Waals surface area contributed by atoms with Gasteiger partial charge in [-0.15, -0.1) is 0 Å². The Morgan fingerprint density at radius 3 is 2.79 bits per heavy atom. The lowest BCUT2D eigenvalue weighted by Crippen LogP contribution is -2.16. The fourth-order valence-corrected chi connectivity index (χ4v) is 2.06. The van der Waals surface area contributed by atoms with Gasteiger partial charge in [0.05, 0.1) is 18.2 Å². The Balaban J connectivity index is 2.08. The summed E-state index contributed by atoms with van der Waals surface area (Å²) in [5, 5.41) is 13.2. The van der Waals surface area contributed by atoms with Crippen molar-refractivity contribution in [1.82, 2.24) is 5.32 Å². The van der Waals surface area contributed by atoms with Crippen molar-refractivity contribution in [3.8, 4) is 11.5 Å². The highest BCUT2D eigenvalue weighted by Gasteiger charge is 2.20. The van der Waals surface area contributed by atoms with Gasteiger partial charge in [-0.1, -0.05) is 11.6 Å². The van der Waals surface area contributed by atoms with Crippen LogP contribution in [0, 0.1) is 0 Å². The van der Waals surface area contributed by atoms with E-state index in [-0.39, 0.29) is 6.61 Å². The smallest absolute Gasteiger partial charge is 0.179 e. The zero-order chi connectivity index (χ0) is 13.8. The molecule has 1 aromatic rings. The Hall–Kier alpha value is -0.970. The molecule has 0 heterocycles.